The fraction of sp³-hybridized carbons (Fsp3) is 0.0455. The topological polar surface area (TPSA) is 93.4 Å². The highest BCUT2D eigenvalue weighted by molar-refractivity contribution is 6.31. The van der Waals surface area contributed by atoms with Gasteiger partial charge >= 0.3 is 0 Å². The Morgan fingerprint density at radius 1 is 1.19 bits per heavy atom. The molecule has 0 unspecified atom stereocenters. The number of methoxy groups -OCH3 is 1. The van der Waals surface area contributed by atoms with Gasteiger partial charge in [0.15, 0.2) is 5.65 Å². The summed E-state index contributed by atoms with van der Waals surface area (Å²) in [6.07, 6.45) is 1.42. The predicted octanol–water partition coefficient (Wildman–Crippen LogP) is 4.14. The highest BCUT2D eigenvalue weighted by Crippen LogP contribution is 2.31. The number of halogens is 2. The number of benzene rings is 2. The molecule has 1 amide bonds. The van der Waals surface area contributed by atoms with Crippen LogP contribution < -0.4 is 15.6 Å². The second-order valence-corrected chi connectivity index (χ2v) is 6.95. The molecule has 0 bridgehead atoms. The first-order valence-electron chi connectivity index (χ1n) is 9.04. The number of rotatable bonds is 4. The van der Waals surface area contributed by atoms with Gasteiger partial charge in [0.05, 0.1) is 23.9 Å². The van der Waals surface area contributed by atoms with E-state index in [4.69, 9.17) is 16.3 Å². The molecule has 0 saturated heterocycles. The third-order valence-corrected chi connectivity index (χ3v) is 4.85. The van der Waals surface area contributed by atoms with Gasteiger partial charge in [-0.3, -0.25) is 14.2 Å². The van der Waals surface area contributed by atoms with Gasteiger partial charge < -0.3 is 15.2 Å². The molecule has 2 aromatic carbocycles. The Balaban J connectivity index is 1.94. The predicted molar refractivity (Wildman–Crippen MR) is 115 cm³/mol. The average Bonchev–Trinajstić information content (AvgIpc) is 2.74. The summed E-state index contributed by atoms with van der Waals surface area (Å²) in [5.74, 6) is -1.69. The van der Waals surface area contributed by atoms with Crippen LogP contribution in [0, 0.1) is 5.82 Å². The van der Waals surface area contributed by atoms with Crippen LogP contribution >= 0.6 is 11.6 Å². The lowest BCUT2D eigenvalue weighted by Gasteiger charge is -2.15. The molecule has 7 nitrogen and oxygen atoms in total. The lowest BCUT2D eigenvalue weighted by molar-refractivity contribution is 0.102. The number of fused-ring (bicyclic) bond motifs is 1. The number of amides is 1. The van der Waals surface area contributed by atoms with Gasteiger partial charge in [0.25, 0.3) is 11.5 Å². The fourth-order valence-electron chi connectivity index (χ4n) is 3.23. The van der Waals surface area contributed by atoms with Crippen molar-refractivity contribution in [1.29, 1.82) is 0 Å². The SMILES string of the molecule is COc1ccc(Cl)cc1NC(=O)c1c(O)c2cccnc2n(-c2cccc(F)c2)c1=O. The fourth-order valence-corrected chi connectivity index (χ4v) is 3.40. The lowest BCUT2D eigenvalue weighted by Crippen LogP contribution is -2.29. The molecule has 0 radical (unpaired) electrons. The number of carbonyl (C=O) groups excluding carboxylic acids is 1. The summed E-state index contributed by atoms with van der Waals surface area (Å²) in [5, 5.41) is 13.8. The molecule has 2 aromatic heterocycles. The Kier molecular flexibility index (Phi) is 5.31. The molecule has 31 heavy (non-hydrogen) atoms. The summed E-state index contributed by atoms with van der Waals surface area (Å²) in [6, 6.07) is 12.9. The maximum Gasteiger partial charge on any atom is 0.273 e. The zero-order valence-electron chi connectivity index (χ0n) is 16.1. The van der Waals surface area contributed by atoms with Crippen molar-refractivity contribution in [2.45, 2.75) is 0 Å². The second-order valence-electron chi connectivity index (χ2n) is 6.52. The standard InChI is InChI=1S/C22H15ClFN3O4/c1-31-17-8-7-12(23)10-16(17)26-21(29)18-19(28)15-6-3-9-25-20(15)27(22(18)30)14-5-2-4-13(24)11-14/h2-11,28H,1H3,(H,26,29). The summed E-state index contributed by atoms with van der Waals surface area (Å²) < 4.78 is 20.1. The maximum atomic E-state index is 13.8. The third kappa shape index (κ3) is 3.69. The zero-order chi connectivity index (χ0) is 22.1. The number of hydrogen-bond acceptors (Lipinski definition) is 5. The molecule has 0 aliphatic rings. The Labute approximate surface area is 180 Å². The number of aromatic nitrogens is 2. The number of ether oxygens (including phenoxy) is 1. The van der Waals surface area contributed by atoms with Gasteiger partial charge in [0.1, 0.15) is 22.9 Å². The summed E-state index contributed by atoms with van der Waals surface area (Å²) in [6.45, 7) is 0. The van der Waals surface area contributed by atoms with E-state index in [0.717, 1.165) is 10.6 Å². The van der Waals surface area contributed by atoms with E-state index < -0.39 is 28.6 Å². The Morgan fingerprint density at radius 3 is 2.74 bits per heavy atom. The quantitative estimate of drug-likeness (QED) is 0.498. The summed E-state index contributed by atoms with van der Waals surface area (Å²) in [4.78, 5) is 30.5. The average molecular weight is 440 g/mol. The Bertz CT molecular complexity index is 1390. The molecule has 0 aliphatic heterocycles. The first kappa shape index (κ1) is 20.4. The highest BCUT2D eigenvalue weighted by atomic mass is 35.5. The van der Waals surface area contributed by atoms with Crippen molar-refractivity contribution < 1.29 is 19.0 Å². The third-order valence-electron chi connectivity index (χ3n) is 4.61. The van der Waals surface area contributed by atoms with Gasteiger partial charge in [-0.25, -0.2) is 9.37 Å². The van der Waals surface area contributed by atoms with Crippen molar-refractivity contribution >= 4 is 34.2 Å². The van der Waals surface area contributed by atoms with E-state index in [0.29, 0.717) is 10.8 Å². The molecular weight excluding hydrogens is 425 g/mol. The highest BCUT2D eigenvalue weighted by Gasteiger charge is 2.24. The van der Waals surface area contributed by atoms with Crippen molar-refractivity contribution in [2.24, 2.45) is 0 Å². The van der Waals surface area contributed by atoms with Crippen LogP contribution in [0.25, 0.3) is 16.7 Å². The first-order valence-corrected chi connectivity index (χ1v) is 9.42. The normalized spacial score (nSPS) is 10.8. The van der Waals surface area contributed by atoms with Gasteiger partial charge in [-0.05, 0) is 48.5 Å². The zero-order valence-corrected chi connectivity index (χ0v) is 16.9. The minimum atomic E-state index is -0.890. The molecule has 9 heteroatoms. The van der Waals surface area contributed by atoms with Crippen molar-refractivity contribution in [3.63, 3.8) is 0 Å². The largest absolute Gasteiger partial charge is 0.506 e. The number of carbonyl (C=O) groups is 1. The lowest BCUT2D eigenvalue weighted by atomic mass is 10.1. The number of nitrogens with zero attached hydrogens (tertiary/aromatic N) is 2. The number of pyridine rings is 2. The molecule has 0 fully saturated rings. The first-order chi connectivity index (χ1) is 14.9. The molecule has 156 valence electrons. The van der Waals surface area contributed by atoms with Crippen molar-refractivity contribution in [3.8, 4) is 17.2 Å². The van der Waals surface area contributed by atoms with E-state index in [1.54, 1.807) is 18.2 Å². The molecule has 4 aromatic rings. The molecule has 0 spiro atoms. The van der Waals surface area contributed by atoms with E-state index in [2.05, 4.69) is 10.3 Å². The Hall–Kier alpha value is -3.91. The molecule has 4 rings (SSSR count). The van der Waals surface area contributed by atoms with Crippen LogP contribution in [0.3, 0.4) is 0 Å². The molecule has 0 saturated carbocycles. The van der Waals surface area contributed by atoms with E-state index in [1.807, 2.05) is 0 Å². The van der Waals surface area contributed by atoms with E-state index in [9.17, 15) is 19.1 Å². The van der Waals surface area contributed by atoms with Crippen LogP contribution in [0.5, 0.6) is 11.5 Å². The van der Waals surface area contributed by atoms with Crippen LogP contribution in [-0.2, 0) is 0 Å². The van der Waals surface area contributed by atoms with Crippen LogP contribution in [0.1, 0.15) is 10.4 Å². The van der Waals surface area contributed by atoms with Gasteiger partial charge in [-0.1, -0.05) is 17.7 Å². The van der Waals surface area contributed by atoms with Gasteiger partial charge in [0.2, 0.25) is 0 Å². The second kappa shape index (κ2) is 8.08. The molecule has 0 atom stereocenters. The summed E-state index contributed by atoms with van der Waals surface area (Å²) >= 11 is 6.00. The van der Waals surface area contributed by atoms with E-state index in [1.165, 1.54) is 43.6 Å². The van der Waals surface area contributed by atoms with Crippen molar-refractivity contribution in [3.05, 3.63) is 87.6 Å². The van der Waals surface area contributed by atoms with Crippen LogP contribution in [-0.4, -0.2) is 27.7 Å². The number of anilines is 1. The van der Waals surface area contributed by atoms with Gasteiger partial charge in [-0.2, -0.15) is 0 Å². The Morgan fingerprint density at radius 2 is 2.00 bits per heavy atom. The number of nitrogens with one attached hydrogen (secondary N) is 1. The molecule has 0 aliphatic carbocycles. The van der Waals surface area contributed by atoms with Crippen molar-refractivity contribution in [1.82, 2.24) is 9.55 Å². The molecule has 2 N–H and O–H groups in total. The number of aromatic hydroxyl groups is 1. The summed E-state index contributed by atoms with van der Waals surface area (Å²) in [7, 11) is 1.41. The maximum absolute atomic E-state index is 13.8. The minimum Gasteiger partial charge on any atom is -0.506 e. The van der Waals surface area contributed by atoms with Crippen LogP contribution in [0.2, 0.25) is 5.02 Å². The number of hydrogen-bond donors (Lipinski definition) is 2. The van der Waals surface area contributed by atoms with Gasteiger partial charge in [-0.15, -0.1) is 0 Å². The van der Waals surface area contributed by atoms with Gasteiger partial charge in [0, 0.05) is 11.2 Å². The molecule has 2 heterocycles. The molecular formula is C22H15ClFN3O4. The van der Waals surface area contributed by atoms with E-state index in [-0.39, 0.29) is 22.4 Å². The van der Waals surface area contributed by atoms with Crippen LogP contribution in [0.4, 0.5) is 10.1 Å². The monoisotopic (exact) mass is 439 g/mol. The summed E-state index contributed by atoms with van der Waals surface area (Å²) in [5.41, 5.74) is -0.961. The van der Waals surface area contributed by atoms with Crippen LogP contribution in [0.15, 0.2) is 65.6 Å². The smallest absolute Gasteiger partial charge is 0.273 e. The van der Waals surface area contributed by atoms with E-state index >= 15 is 0 Å². The van der Waals surface area contributed by atoms with Crippen molar-refractivity contribution in [2.75, 3.05) is 12.4 Å². The minimum absolute atomic E-state index is 0.0764.